The first-order valence-corrected chi connectivity index (χ1v) is 8.25. The molecule has 132 valence electrons. The Balaban J connectivity index is 1.54. The minimum absolute atomic E-state index is 0.255. The van der Waals surface area contributed by atoms with Crippen molar-refractivity contribution in [3.05, 3.63) is 64.1 Å². The maximum Gasteiger partial charge on any atom is 0.330 e. The van der Waals surface area contributed by atoms with E-state index in [1.807, 2.05) is 0 Å². The van der Waals surface area contributed by atoms with Gasteiger partial charge in [0.15, 0.2) is 18.9 Å². The van der Waals surface area contributed by atoms with E-state index in [-0.39, 0.29) is 18.9 Å². The number of carbonyl (C=O) groups excluding carboxylic acids is 2. The van der Waals surface area contributed by atoms with Gasteiger partial charge in [0.1, 0.15) is 0 Å². The van der Waals surface area contributed by atoms with Gasteiger partial charge in [0.2, 0.25) is 5.82 Å². The third-order valence-corrected chi connectivity index (χ3v) is 3.86. The van der Waals surface area contributed by atoms with E-state index >= 15 is 0 Å². The zero-order valence-electron chi connectivity index (χ0n) is 13.3. The molecule has 0 aliphatic rings. The Morgan fingerprint density at radius 1 is 0.962 bits per heavy atom. The van der Waals surface area contributed by atoms with Gasteiger partial charge in [-0.2, -0.15) is 4.80 Å². The first kappa shape index (κ1) is 18.0. The summed E-state index contributed by atoms with van der Waals surface area (Å²) in [4.78, 5) is 24.9. The molecule has 0 spiro atoms. The SMILES string of the molecule is O=C(Cn1nnc(-c2ccc(Cl)cc2)n1)OCC(=O)c1ccc(Cl)cc1. The lowest BCUT2D eigenvalue weighted by molar-refractivity contribution is -0.143. The standard InChI is InChI=1S/C17H12Cl2N4O3/c18-13-5-1-11(2-6-13)15(24)10-26-16(25)9-23-21-17(20-22-23)12-3-7-14(19)8-4-12/h1-8H,9-10H2. The van der Waals surface area contributed by atoms with Crippen LogP contribution in [0.2, 0.25) is 10.0 Å². The summed E-state index contributed by atoms with van der Waals surface area (Å²) in [5, 5.41) is 12.9. The maximum absolute atomic E-state index is 11.9. The van der Waals surface area contributed by atoms with Gasteiger partial charge in [-0.25, -0.2) is 4.79 Å². The van der Waals surface area contributed by atoms with Gasteiger partial charge in [0.25, 0.3) is 0 Å². The Bertz CT molecular complexity index is 924. The molecule has 2 aromatic carbocycles. The van der Waals surface area contributed by atoms with Gasteiger partial charge < -0.3 is 4.74 Å². The van der Waals surface area contributed by atoms with E-state index < -0.39 is 5.97 Å². The van der Waals surface area contributed by atoms with Crippen LogP contribution in [0.15, 0.2) is 48.5 Å². The molecule has 0 amide bonds. The number of ketones is 1. The molecule has 3 rings (SSSR count). The lowest BCUT2D eigenvalue weighted by Gasteiger charge is -2.04. The molecule has 7 nitrogen and oxygen atoms in total. The molecule has 0 bridgehead atoms. The number of rotatable bonds is 6. The van der Waals surface area contributed by atoms with E-state index in [0.717, 1.165) is 4.80 Å². The Morgan fingerprint density at radius 3 is 2.23 bits per heavy atom. The molecular formula is C17H12Cl2N4O3. The quantitative estimate of drug-likeness (QED) is 0.474. The first-order valence-electron chi connectivity index (χ1n) is 7.49. The van der Waals surface area contributed by atoms with Crippen molar-refractivity contribution in [2.75, 3.05) is 6.61 Å². The van der Waals surface area contributed by atoms with Crippen molar-refractivity contribution >= 4 is 35.0 Å². The summed E-state index contributed by atoms with van der Waals surface area (Å²) in [6.07, 6.45) is 0. The monoisotopic (exact) mass is 390 g/mol. The average Bonchev–Trinajstić information content (AvgIpc) is 3.09. The number of hydrogen-bond acceptors (Lipinski definition) is 6. The van der Waals surface area contributed by atoms with E-state index in [1.165, 1.54) is 0 Å². The van der Waals surface area contributed by atoms with Crippen LogP contribution in [-0.4, -0.2) is 38.6 Å². The van der Waals surface area contributed by atoms with Crippen LogP contribution in [-0.2, 0) is 16.1 Å². The summed E-state index contributed by atoms with van der Waals surface area (Å²) < 4.78 is 4.96. The molecule has 0 saturated carbocycles. The topological polar surface area (TPSA) is 87.0 Å². The van der Waals surface area contributed by atoms with Crippen LogP contribution in [0, 0.1) is 0 Å². The van der Waals surface area contributed by atoms with E-state index in [0.29, 0.717) is 27.0 Å². The predicted molar refractivity (Wildman–Crippen MR) is 95.0 cm³/mol. The number of carbonyl (C=O) groups is 2. The minimum atomic E-state index is -0.646. The van der Waals surface area contributed by atoms with Crippen LogP contribution in [0.4, 0.5) is 0 Å². The van der Waals surface area contributed by atoms with Crippen LogP contribution in [0.5, 0.6) is 0 Å². The fourth-order valence-corrected chi connectivity index (χ4v) is 2.30. The fourth-order valence-electron chi connectivity index (χ4n) is 2.05. The number of hydrogen-bond donors (Lipinski definition) is 0. The summed E-state index contributed by atoms with van der Waals surface area (Å²) >= 11 is 11.6. The van der Waals surface area contributed by atoms with Crippen molar-refractivity contribution < 1.29 is 14.3 Å². The van der Waals surface area contributed by atoms with Gasteiger partial charge in [-0.1, -0.05) is 23.2 Å². The second kappa shape index (κ2) is 8.07. The number of nitrogens with zero attached hydrogens (tertiary/aromatic N) is 4. The average molecular weight is 391 g/mol. The van der Waals surface area contributed by atoms with Crippen LogP contribution in [0.3, 0.4) is 0 Å². The van der Waals surface area contributed by atoms with Gasteiger partial charge in [-0.05, 0) is 53.7 Å². The molecule has 0 unspecified atom stereocenters. The molecule has 0 aliphatic heterocycles. The van der Waals surface area contributed by atoms with E-state index in [4.69, 9.17) is 27.9 Å². The number of halogens is 2. The molecule has 0 fully saturated rings. The smallest absolute Gasteiger partial charge is 0.330 e. The molecule has 0 atom stereocenters. The van der Waals surface area contributed by atoms with Crippen molar-refractivity contribution in [3.63, 3.8) is 0 Å². The molecular weight excluding hydrogens is 379 g/mol. The summed E-state index contributed by atoms with van der Waals surface area (Å²) in [7, 11) is 0. The highest BCUT2D eigenvalue weighted by atomic mass is 35.5. The van der Waals surface area contributed by atoms with Gasteiger partial charge in [-0.3, -0.25) is 4.79 Å². The lowest BCUT2D eigenvalue weighted by atomic mass is 10.1. The van der Waals surface area contributed by atoms with Crippen LogP contribution in [0.1, 0.15) is 10.4 Å². The van der Waals surface area contributed by atoms with Crippen LogP contribution < -0.4 is 0 Å². The Morgan fingerprint density at radius 2 is 1.58 bits per heavy atom. The molecule has 0 saturated heterocycles. The van der Waals surface area contributed by atoms with E-state index in [9.17, 15) is 9.59 Å². The highest BCUT2D eigenvalue weighted by Crippen LogP contribution is 2.17. The second-order valence-corrected chi connectivity index (χ2v) is 6.11. The molecule has 1 aromatic heterocycles. The van der Waals surface area contributed by atoms with E-state index in [1.54, 1.807) is 48.5 Å². The number of tetrazole rings is 1. The summed E-state index contributed by atoms with van der Waals surface area (Å²) in [5.74, 6) is -0.623. The lowest BCUT2D eigenvalue weighted by Crippen LogP contribution is -2.19. The first-order chi connectivity index (χ1) is 12.5. The summed E-state index contributed by atoms with van der Waals surface area (Å²) in [6, 6.07) is 13.2. The largest absolute Gasteiger partial charge is 0.456 e. The number of benzene rings is 2. The van der Waals surface area contributed by atoms with Gasteiger partial charge >= 0.3 is 5.97 Å². The Labute approximate surface area is 158 Å². The van der Waals surface area contributed by atoms with Crippen molar-refractivity contribution in [1.29, 1.82) is 0 Å². The van der Waals surface area contributed by atoms with Gasteiger partial charge in [0.05, 0.1) is 0 Å². The highest BCUT2D eigenvalue weighted by Gasteiger charge is 2.13. The summed E-state index contributed by atoms with van der Waals surface area (Å²) in [5.41, 5.74) is 1.12. The third kappa shape index (κ3) is 4.65. The molecule has 26 heavy (non-hydrogen) atoms. The number of Topliss-reactive ketones (excluding diaryl/α,β-unsaturated/α-hetero) is 1. The maximum atomic E-state index is 11.9. The molecule has 0 aliphatic carbocycles. The molecule has 1 heterocycles. The minimum Gasteiger partial charge on any atom is -0.456 e. The Hall–Kier alpha value is -2.77. The van der Waals surface area contributed by atoms with Gasteiger partial charge in [-0.15, -0.1) is 10.2 Å². The normalized spacial score (nSPS) is 10.5. The zero-order chi connectivity index (χ0) is 18.5. The second-order valence-electron chi connectivity index (χ2n) is 5.24. The fraction of sp³-hybridized carbons (Fsp3) is 0.118. The van der Waals surface area contributed by atoms with Crippen molar-refractivity contribution in [2.24, 2.45) is 0 Å². The molecule has 3 aromatic rings. The molecule has 0 radical (unpaired) electrons. The molecule has 0 N–H and O–H groups in total. The van der Waals surface area contributed by atoms with E-state index in [2.05, 4.69) is 15.4 Å². The van der Waals surface area contributed by atoms with Crippen molar-refractivity contribution in [1.82, 2.24) is 20.2 Å². The molecule has 9 heteroatoms. The van der Waals surface area contributed by atoms with Gasteiger partial charge in [0, 0.05) is 21.2 Å². The van der Waals surface area contributed by atoms with Crippen LogP contribution in [0.25, 0.3) is 11.4 Å². The number of aromatic nitrogens is 4. The van der Waals surface area contributed by atoms with Crippen molar-refractivity contribution in [2.45, 2.75) is 6.54 Å². The van der Waals surface area contributed by atoms with Crippen LogP contribution >= 0.6 is 23.2 Å². The predicted octanol–water partition coefficient (Wildman–Crippen LogP) is 3.07. The Kier molecular flexibility index (Phi) is 5.60. The third-order valence-electron chi connectivity index (χ3n) is 3.36. The summed E-state index contributed by atoms with van der Waals surface area (Å²) in [6.45, 7) is -0.631. The van der Waals surface area contributed by atoms with Crippen molar-refractivity contribution in [3.8, 4) is 11.4 Å². The highest BCUT2D eigenvalue weighted by molar-refractivity contribution is 6.30. The number of ether oxygens (including phenoxy) is 1. The number of esters is 1. The zero-order valence-corrected chi connectivity index (χ0v) is 14.8.